The highest BCUT2D eigenvalue weighted by molar-refractivity contribution is 5.94. The predicted molar refractivity (Wildman–Crippen MR) is 113 cm³/mol. The van der Waals surface area contributed by atoms with Crippen LogP contribution in [0, 0.1) is 0 Å². The van der Waals surface area contributed by atoms with Gasteiger partial charge in [-0.25, -0.2) is 9.97 Å². The summed E-state index contributed by atoms with van der Waals surface area (Å²) < 4.78 is 5.40. The molecule has 0 spiro atoms. The second kappa shape index (κ2) is 6.70. The molecule has 0 fully saturated rings. The molecule has 0 aliphatic heterocycles. The molecule has 5 heteroatoms. The lowest BCUT2D eigenvalue weighted by atomic mass is 10.1. The smallest absolute Gasteiger partial charge is 0.162 e. The van der Waals surface area contributed by atoms with Gasteiger partial charge in [-0.1, -0.05) is 30.3 Å². The number of H-pyrrole nitrogens is 1. The largest absolute Gasteiger partial charge is 0.497 e. The van der Waals surface area contributed by atoms with Crippen LogP contribution in [0.3, 0.4) is 0 Å². The average molecular weight is 366 g/mol. The Kier molecular flexibility index (Phi) is 3.91. The Morgan fingerprint density at radius 2 is 1.79 bits per heavy atom. The van der Waals surface area contributed by atoms with Crippen molar-refractivity contribution in [2.75, 3.05) is 12.4 Å². The van der Waals surface area contributed by atoms with Crippen LogP contribution in [0.25, 0.3) is 33.2 Å². The molecule has 0 amide bonds. The van der Waals surface area contributed by atoms with Gasteiger partial charge in [-0.15, -0.1) is 0 Å². The fourth-order valence-electron chi connectivity index (χ4n) is 3.31. The molecule has 5 rings (SSSR count). The van der Waals surface area contributed by atoms with Crippen molar-refractivity contribution >= 4 is 33.3 Å². The summed E-state index contributed by atoms with van der Waals surface area (Å²) in [4.78, 5) is 12.8. The van der Waals surface area contributed by atoms with E-state index in [9.17, 15) is 0 Å². The standard InChI is InChI=1S/C23H18N4O/c1-28-18-8-10-21-19(14-18)23(27-22(26-21)15-5-3-2-4-6-15)25-17-7-9-20-16(13-17)11-12-24-20/h2-14,24H,1H3,(H,25,26,27). The van der Waals surface area contributed by atoms with E-state index in [2.05, 4.69) is 28.5 Å². The average Bonchev–Trinajstić information content (AvgIpc) is 3.22. The number of benzene rings is 3. The van der Waals surface area contributed by atoms with E-state index in [1.807, 2.05) is 60.8 Å². The molecule has 0 saturated carbocycles. The Hall–Kier alpha value is -3.86. The number of hydrogen-bond acceptors (Lipinski definition) is 4. The number of anilines is 2. The van der Waals surface area contributed by atoms with Gasteiger partial charge < -0.3 is 15.0 Å². The van der Waals surface area contributed by atoms with Crippen molar-refractivity contribution in [3.63, 3.8) is 0 Å². The van der Waals surface area contributed by atoms with Crippen LogP contribution in [0.4, 0.5) is 11.5 Å². The van der Waals surface area contributed by atoms with Crippen molar-refractivity contribution in [1.82, 2.24) is 15.0 Å². The number of fused-ring (bicyclic) bond motifs is 2. The molecule has 3 aromatic carbocycles. The summed E-state index contributed by atoms with van der Waals surface area (Å²) >= 11 is 0. The zero-order valence-electron chi connectivity index (χ0n) is 15.3. The molecule has 5 nitrogen and oxygen atoms in total. The number of nitrogens with zero attached hydrogens (tertiary/aromatic N) is 2. The molecule has 0 bridgehead atoms. The first-order valence-electron chi connectivity index (χ1n) is 9.05. The van der Waals surface area contributed by atoms with Crippen LogP contribution in [0.5, 0.6) is 5.75 Å². The summed E-state index contributed by atoms with van der Waals surface area (Å²) in [5, 5.41) is 5.52. The minimum absolute atomic E-state index is 0.684. The summed E-state index contributed by atoms with van der Waals surface area (Å²) in [6.45, 7) is 0. The van der Waals surface area contributed by atoms with Gasteiger partial charge in [0.15, 0.2) is 5.82 Å². The predicted octanol–water partition coefficient (Wildman–Crippen LogP) is 5.53. The number of rotatable bonds is 4. The first-order chi connectivity index (χ1) is 13.8. The minimum atomic E-state index is 0.684. The Labute approximate surface area is 162 Å². The van der Waals surface area contributed by atoms with Gasteiger partial charge in [0.2, 0.25) is 0 Å². The molecule has 136 valence electrons. The molecule has 0 unspecified atom stereocenters. The molecular weight excluding hydrogens is 348 g/mol. The number of hydrogen-bond donors (Lipinski definition) is 2. The van der Waals surface area contributed by atoms with Crippen molar-refractivity contribution in [3.05, 3.63) is 79.0 Å². The number of methoxy groups -OCH3 is 1. The number of aromatic nitrogens is 3. The van der Waals surface area contributed by atoms with Crippen LogP contribution in [0.2, 0.25) is 0 Å². The van der Waals surface area contributed by atoms with Crippen molar-refractivity contribution in [3.8, 4) is 17.1 Å². The Morgan fingerprint density at radius 3 is 2.64 bits per heavy atom. The summed E-state index contributed by atoms with van der Waals surface area (Å²) in [7, 11) is 1.66. The highest BCUT2D eigenvalue weighted by Crippen LogP contribution is 2.30. The molecule has 0 aliphatic rings. The molecule has 2 heterocycles. The zero-order valence-corrected chi connectivity index (χ0v) is 15.3. The molecular formula is C23H18N4O. The van der Waals surface area contributed by atoms with Gasteiger partial charge in [0, 0.05) is 33.7 Å². The molecule has 2 N–H and O–H groups in total. The molecule has 0 radical (unpaired) electrons. The van der Waals surface area contributed by atoms with E-state index in [4.69, 9.17) is 14.7 Å². The lowest BCUT2D eigenvalue weighted by molar-refractivity contribution is 0.415. The number of ether oxygens (including phenoxy) is 1. The summed E-state index contributed by atoms with van der Waals surface area (Å²) in [6.07, 6.45) is 1.94. The number of nitrogens with one attached hydrogen (secondary N) is 2. The first kappa shape index (κ1) is 16.3. The van der Waals surface area contributed by atoms with Crippen molar-refractivity contribution in [2.45, 2.75) is 0 Å². The van der Waals surface area contributed by atoms with Crippen LogP contribution in [-0.4, -0.2) is 22.1 Å². The second-order valence-electron chi connectivity index (χ2n) is 6.55. The van der Waals surface area contributed by atoms with Crippen LogP contribution in [0.15, 0.2) is 79.0 Å². The van der Waals surface area contributed by atoms with Crippen LogP contribution < -0.4 is 10.1 Å². The lowest BCUT2D eigenvalue weighted by Crippen LogP contribution is -1.99. The van der Waals surface area contributed by atoms with E-state index in [1.54, 1.807) is 7.11 Å². The van der Waals surface area contributed by atoms with Gasteiger partial charge in [-0.2, -0.15) is 0 Å². The topological polar surface area (TPSA) is 62.8 Å². The van der Waals surface area contributed by atoms with Crippen molar-refractivity contribution in [2.24, 2.45) is 0 Å². The van der Waals surface area contributed by atoms with Gasteiger partial charge in [-0.3, -0.25) is 0 Å². The van der Waals surface area contributed by atoms with E-state index in [0.717, 1.165) is 44.6 Å². The van der Waals surface area contributed by atoms with Crippen molar-refractivity contribution < 1.29 is 4.74 Å². The SMILES string of the molecule is COc1ccc2nc(-c3ccccc3)nc(Nc3ccc4[nH]ccc4c3)c2c1. The van der Waals surface area contributed by atoms with Crippen LogP contribution in [0.1, 0.15) is 0 Å². The first-order valence-corrected chi connectivity index (χ1v) is 9.05. The van der Waals surface area contributed by atoms with E-state index >= 15 is 0 Å². The lowest BCUT2D eigenvalue weighted by Gasteiger charge is -2.12. The highest BCUT2D eigenvalue weighted by Gasteiger charge is 2.11. The van der Waals surface area contributed by atoms with Crippen LogP contribution >= 0.6 is 0 Å². The highest BCUT2D eigenvalue weighted by atomic mass is 16.5. The maximum atomic E-state index is 5.40. The third-order valence-electron chi connectivity index (χ3n) is 4.75. The van der Waals surface area contributed by atoms with Gasteiger partial charge in [-0.05, 0) is 42.5 Å². The van der Waals surface area contributed by atoms with Crippen molar-refractivity contribution in [1.29, 1.82) is 0 Å². The molecule has 0 aliphatic carbocycles. The maximum absolute atomic E-state index is 5.40. The normalized spacial score (nSPS) is 11.0. The van der Waals surface area contributed by atoms with Gasteiger partial charge >= 0.3 is 0 Å². The minimum Gasteiger partial charge on any atom is -0.497 e. The molecule has 5 aromatic rings. The summed E-state index contributed by atoms with van der Waals surface area (Å²) in [5.74, 6) is 2.20. The number of aromatic amines is 1. The summed E-state index contributed by atoms with van der Waals surface area (Å²) in [5.41, 5.74) is 3.91. The molecule has 2 aromatic heterocycles. The van der Waals surface area contributed by atoms with Gasteiger partial charge in [0.05, 0.1) is 12.6 Å². The second-order valence-corrected chi connectivity index (χ2v) is 6.55. The van der Waals surface area contributed by atoms with E-state index < -0.39 is 0 Å². The third kappa shape index (κ3) is 2.93. The fraction of sp³-hybridized carbons (Fsp3) is 0.0435. The van der Waals surface area contributed by atoms with Crippen LogP contribution in [-0.2, 0) is 0 Å². The maximum Gasteiger partial charge on any atom is 0.162 e. The monoisotopic (exact) mass is 366 g/mol. The Bertz CT molecular complexity index is 1280. The van der Waals surface area contributed by atoms with E-state index in [1.165, 1.54) is 0 Å². The molecule has 28 heavy (non-hydrogen) atoms. The fourth-order valence-corrected chi connectivity index (χ4v) is 3.31. The van der Waals surface area contributed by atoms with Gasteiger partial charge in [0.1, 0.15) is 11.6 Å². The molecule has 0 saturated heterocycles. The summed E-state index contributed by atoms with van der Waals surface area (Å²) in [6, 6.07) is 24.1. The third-order valence-corrected chi connectivity index (χ3v) is 4.75. The molecule has 0 atom stereocenters. The quantitative estimate of drug-likeness (QED) is 0.439. The van der Waals surface area contributed by atoms with Gasteiger partial charge in [0.25, 0.3) is 0 Å². The van der Waals surface area contributed by atoms with E-state index in [-0.39, 0.29) is 0 Å². The Balaban J connectivity index is 1.67. The van der Waals surface area contributed by atoms with E-state index in [0.29, 0.717) is 5.82 Å². The Morgan fingerprint density at radius 1 is 0.893 bits per heavy atom. The zero-order chi connectivity index (χ0) is 18.9.